The molecular weight excluding hydrogens is 354 g/mol. The average Bonchev–Trinajstić information content (AvgIpc) is 2.98. The SMILES string of the molecule is CN(Cc1ccoc1)S(=O)(=O)c1cc(CO)sc1Br. The van der Waals surface area contributed by atoms with Gasteiger partial charge in [0.15, 0.2) is 0 Å². The molecule has 2 rings (SSSR count). The summed E-state index contributed by atoms with van der Waals surface area (Å²) in [5.74, 6) is 0. The fourth-order valence-electron chi connectivity index (χ4n) is 1.54. The maximum atomic E-state index is 12.4. The highest BCUT2D eigenvalue weighted by molar-refractivity contribution is 9.11. The fourth-order valence-corrected chi connectivity index (χ4v) is 5.19. The fraction of sp³-hybridized carbons (Fsp3) is 0.273. The molecular formula is C11H12BrNO4S2. The molecule has 5 nitrogen and oxygen atoms in total. The smallest absolute Gasteiger partial charge is 0.245 e. The number of thiophene rings is 1. The minimum atomic E-state index is -3.59. The standard InChI is InChI=1S/C11H12BrNO4S2/c1-13(5-8-2-3-17-7-8)19(15,16)10-4-9(6-14)18-11(10)12/h2-4,7,14H,5-6H2,1H3. The predicted molar refractivity (Wildman–Crippen MR) is 75.3 cm³/mol. The van der Waals surface area contributed by atoms with Gasteiger partial charge in [0.25, 0.3) is 0 Å². The van der Waals surface area contributed by atoms with E-state index in [2.05, 4.69) is 15.9 Å². The molecule has 0 saturated heterocycles. The van der Waals surface area contributed by atoms with Crippen molar-refractivity contribution in [3.8, 4) is 0 Å². The minimum Gasteiger partial charge on any atom is -0.472 e. The van der Waals surface area contributed by atoms with Crippen molar-refractivity contribution in [2.45, 2.75) is 18.0 Å². The van der Waals surface area contributed by atoms with Gasteiger partial charge in [0.1, 0.15) is 4.90 Å². The lowest BCUT2D eigenvalue weighted by molar-refractivity contribution is 0.285. The quantitative estimate of drug-likeness (QED) is 0.882. The Morgan fingerprint density at radius 3 is 2.79 bits per heavy atom. The van der Waals surface area contributed by atoms with E-state index in [-0.39, 0.29) is 18.0 Å². The number of furan rings is 1. The second kappa shape index (κ2) is 5.76. The topological polar surface area (TPSA) is 70.8 Å². The van der Waals surface area contributed by atoms with Gasteiger partial charge in [-0.25, -0.2) is 8.42 Å². The number of nitrogens with zero attached hydrogens (tertiary/aromatic N) is 1. The van der Waals surface area contributed by atoms with Crippen molar-refractivity contribution >= 4 is 37.3 Å². The Labute approximate surface area is 123 Å². The second-order valence-electron chi connectivity index (χ2n) is 3.90. The van der Waals surface area contributed by atoms with Gasteiger partial charge in [0.2, 0.25) is 10.0 Å². The van der Waals surface area contributed by atoms with E-state index in [1.165, 1.54) is 41.3 Å². The molecule has 0 aliphatic carbocycles. The third-order valence-electron chi connectivity index (χ3n) is 2.54. The van der Waals surface area contributed by atoms with Crippen LogP contribution in [-0.4, -0.2) is 24.9 Å². The van der Waals surface area contributed by atoms with Crippen LogP contribution in [0.4, 0.5) is 0 Å². The third kappa shape index (κ3) is 3.09. The van der Waals surface area contributed by atoms with Gasteiger partial charge in [-0.2, -0.15) is 4.31 Å². The van der Waals surface area contributed by atoms with Crippen molar-refractivity contribution in [3.05, 3.63) is 38.9 Å². The first-order valence-corrected chi connectivity index (χ1v) is 8.36. The van der Waals surface area contributed by atoms with Crippen molar-refractivity contribution in [1.29, 1.82) is 0 Å². The van der Waals surface area contributed by atoms with Crippen LogP contribution in [0.2, 0.25) is 0 Å². The molecule has 0 aliphatic rings. The molecule has 0 unspecified atom stereocenters. The van der Waals surface area contributed by atoms with Gasteiger partial charge in [-0.3, -0.25) is 0 Å². The Morgan fingerprint density at radius 2 is 2.26 bits per heavy atom. The van der Waals surface area contributed by atoms with Crippen LogP contribution in [-0.2, 0) is 23.2 Å². The number of hydrogen-bond acceptors (Lipinski definition) is 5. The summed E-state index contributed by atoms with van der Waals surface area (Å²) in [5, 5.41) is 9.06. The van der Waals surface area contributed by atoms with E-state index in [1.54, 1.807) is 6.07 Å². The molecule has 0 saturated carbocycles. The molecule has 0 fully saturated rings. The molecule has 0 radical (unpaired) electrons. The number of halogens is 1. The summed E-state index contributed by atoms with van der Waals surface area (Å²) in [7, 11) is -2.09. The summed E-state index contributed by atoms with van der Waals surface area (Å²) in [6.45, 7) is 0.0554. The molecule has 0 spiro atoms. The Bertz CT molecular complexity index is 648. The van der Waals surface area contributed by atoms with Crippen LogP contribution < -0.4 is 0 Å². The normalized spacial score (nSPS) is 12.2. The van der Waals surface area contributed by atoms with Crippen molar-refractivity contribution in [2.24, 2.45) is 0 Å². The first-order chi connectivity index (χ1) is 8.95. The van der Waals surface area contributed by atoms with E-state index in [0.29, 0.717) is 8.66 Å². The largest absolute Gasteiger partial charge is 0.472 e. The van der Waals surface area contributed by atoms with Gasteiger partial charge in [-0.15, -0.1) is 11.3 Å². The van der Waals surface area contributed by atoms with E-state index >= 15 is 0 Å². The van der Waals surface area contributed by atoms with Gasteiger partial charge in [-0.1, -0.05) is 0 Å². The molecule has 1 N–H and O–H groups in total. The lowest BCUT2D eigenvalue weighted by Crippen LogP contribution is -2.26. The van der Waals surface area contributed by atoms with E-state index < -0.39 is 10.0 Å². The number of hydrogen-bond donors (Lipinski definition) is 1. The Kier molecular flexibility index (Phi) is 4.46. The van der Waals surface area contributed by atoms with Crippen molar-refractivity contribution in [3.63, 3.8) is 0 Å². The highest BCUT2D eigenvalue weighted by atomic mass is 79.9. The zero-order valence-corrected chi connectivity index (χ0v) is 13.3. The zero-order valence-electron chi connectivity index (χ0n) is 10.0. The summed E-state index contributed by atoms with van der Waals surface area (Å²) < 4.78 is 31.5. The maximum Gasteiger partial charge on any atom is 0.245 e. The Hall–Kier alpha value is -0.670. The second-order valence-corrected chi connectivity index (χ2v) is 8.37. The van der Waals surface area contributed by atoms with Gasteiger partial charge >= 0.3 is 0 Å². The lowest BCUT2D eigenvalue weighted by Gasteiger charge is -2.15. The molecule has 8 heteroatoms. The summed E-state index contributed by atoms with van der Waals surface area (Å²) in [4.78, 5) is 0.773. The van der Waals surface area contributed by atoms with Crippen LogP contribution in [0.15, 0.2) is 37.8 Å². The van der Waals surface area contributed by atoms with Gasteiger partial charge in [-0.05, 0) is 28.1 Å². The molecule has 2 aromatic rings. The van der Waals surface area contributed by atoms with Gasteiger partial charge in [0.05, 0.1) is 22.9 Å². The average molecular weight is 366 g/mol. The van der Waals surface area contributed by atoms with E-state index in [9.17, 15) is 8.42 Å². The number of aliphatic hydroxyl groups excluding tert-OH is 1. The molecule has 0 aliphatic heterocycles. The Balaban J connectivity index is 2.28. The van der Waals surface area contributed by atoms with Crippen LogP contribution in [0.1, 0.15) is 10.4 Å². The summed E-state index contributed by atoms with van der Waals surface area (Å²) >= 11 is 4.43. The minimum absolute atomic E-state index is 0.174. The summed E-state index contributed by atoms with van der Waals surface area (Å²) in [6, 6.07) is 3.20. The van der Waals surface area contributed by atoms with Crippen LogP contribution in [0, 0.1) is 0 Å². The first-order valence-electron chi connectivity index (χ1n) is 5.31. The van der Waals surface area contributed by atoms with Crippen LogP contribution in [0.3, 0.4) is 0 Å². The number of rotatable bonds is 5. The zero-order chi connectivity index (χ0) is 14.0. The van der Waals surface area contributed by atoms with Crippen LogP contribution in [0.25, 0.3) is 0 Å². The summed E-state index contributed by atoms with van der Waals surface area (Å²) in [5.41, 5.74) is 0.778. The van der Waals surface area contributed by atoms with Gasteiger partial charge < -0.3 is 9.52 Å². The number of aliphatic hydroxyl groups is 1. The third-order valence-corrected chi connectivity index (χ3v) is 6.58. The molecule has 19 heavy (non-hydrogen) atoms. The first kappa shape index (κ1) is 14.7. The Morgan fingerprint density at radius 1 is 1.53 bits per heavy atom. The van der Waals surface area contributed by atoms with Crippen molar-refractivity contribution in [2.75, 3.05) is 7.05 Å². The van der Waals surface area contributed by atoms with Crippen molar-refractivity contribution < 1.29 is 17.9 Å². The predicted octanol–water partition coefficient (Wildman–Crippen LogP) is 2.42. The maximum absolute atomic E-state index is 12.4. The lowest BCUT2D eigenvalue weighted by atomic mass is 10.3. The molecule has 0 bridgehead atoms. The molecule has 0 atom stereocenters. The molecule has 0 amide bonds. The molecule has 2 aromatic heterocycles. The molecule has 2 heterocycles. The number of sulfonamides is 1. The van der Waals surface area contributed by atoms with E-state index in [1.807, 2.05) is 0 Å². The van der Waals surface area contributed by atoms with Gasteiger partial charge in [0, 0.05) is 24.0 Å². The van der Waals surface area contributed by atoms with E-state index in [4.69, 9.17) is 9.52 Å². The highest BCUT2D eigenvalue weighted by Crippen LogP contribution is 2.33. The highest BCUT2D eigenvalue weighted by Gasteiger charge is 2.25. The molecule has 0 aromatic carbocycles. The van der Waals surface area contributed by atoms with Crippen LogP contribution >= 0.6 is 27.3 Å². The summed E-state index contributed by atoms with van der Waals surface area (Å²) in [6.07, 6.45) is 3.01. The monoisotopic (exact) mass is 365 g/mol. The molecule has 104 valence electrons. The van der Waals surface area contributed by atoms with Crippen molar-refractivity contribution in [1.82, 2.24) is 4.31 Å². The van der Waals surface area contributed by atoms with Crippen LogP contribution in [0.5, 0.6) is 0 Å². The van der Waals surface area contributed by atoms with E-state index in [0.717, 1.165) is 5.56 Å².